The summed E-state index contributed by atoms with van der Waals surface area (Å²) in [5.74, 6) is 0. The number of hydrogen-bond acceptors (Lipinski definition) is 2. The Morgan fingerprint density at radius 3 is 1.73 bits per heavy atom. The topological polar surface area (TPSA) is 38.0 Å². The number of hydrogen-bond donors (Lipinski definition) is 2. The van der Waals surface area contributed by atoms with Crippen molar-refractivity contribution in [2.45, 2.75) is 0 Å². The molecule has 0 radical (unpaired) electrons. The van der Waals surface area contributed by atoms with E-state index in [2.05, 4.69) is 4.84 Å². The van der Waals surface area contributed by atoms with Gasteiger partial charge >= 0.3 is 0 Å². The molecule has 15 heavy (non-hydrogen) atoms. The number of rotatable bonds is 2. The summed E-state index contributed by atoms with van der Waals surface area (Å²) < 4.78 is 0. The maximum absolute atomic E-state index is 5.62. The lowest BCUT2D eigenvalue weighted by Gasteiger charge is -2.03. The van der Waals surface area contributed by atoms with Gasteiger partial charge in [0.2, 0.25) is 0 Å². The first kappa shape index (κ1) is 9.87. The molecule has 0 unspecified atom stereocenters. The van der Waals surface area contributed by atoms with Crippen molar-refractivity contribution in [3.8, 4) is 11.1 Å². The first-order valence-corrected chi connectivity index (χ1v) is 5.00. The third-order valence-electron chi connectivity index (χ3n) is 2.24. The van der Waals surface area contributed by atoms with Gasteiger partial charge in [0.1, 0.15) is 0 Å². The van der Waals surface area contributed by atoms with Gasteiger partial charge in [0.05, 0.1) is 0 Å². The van der Waals surface area contributed by atoms with Crippen molar-refractivity contribution < 1.29 is 0 Å². The molecule has 2 aromatic carbocycles. The van der Waals surface area contributed by atoms with Crippen molar-refractivity contribution >= 4 is 23.2 Å². The average Bonchev–Trinajstić information content (AvgIpc) is 2.30. The van der Waals surface area contributed by atoms with Crippen LogP contribution in [0.4, 0.5) is 11.4 Å². The second-order valence-corrected chi connectivity index (χ2v) is 3.48. The first-order chi connectivity index (χ1) is 7.29. The van der Waals surface area contributed by atoms with E-state index < -0.39 is 0 Å². The Balaban J connectivity index is 2.33. The predicted molar refractivity (Wildman–Crippen MR) is 65.8 cm³/mol. The molecule has 76 valence electrons. The molecule has 0 saturated heterocycles. The standard InChI is InChI=1S/C12H11ClN2/c13-15-12-7-3-10(4-8-12)9-1-5-11(14)6-2-9/h1-8,15H,14H2. The Labute approximate surface area is 93.8 Å². The summed E-state index contributed by atoms with van der Waals surface area (Å²) in [5, 5.41) is 0. The number of nitrogens with one attached hydrogen (secondary N) is 1. The van der Waals surface area contributed by atoms with E-state index in [9.17, 15) is 0 Å². The van der Waals surface area contributed by atoms with E-state index in [4.69, 9.17) is 17.5 Å². The van der Waals surface area contributed by atoms with Gasteiger partial charge in [0.25, 0.3) is 0 Å². The molecule has 0 heterocycles. The van der Waals surface area contributed by atoms with Gasteiger partial charge in [-0.15, -0.1) is 0 Å². The summed E-state index contributed by atoms with van der Waals surface area (Å²) in [6.45, 7) is 0. The van der Waals surface area contributed by atoms with Crippen molar-refractivity contribution in [1.29, 1.82) is 0 Å². The van der Waals surface area contributed by atoms with Crippen molar-refractivity contribution in [2.75, 3.05) is 10.6 Å². The van der Waals surface area contributed by atoms with Crippen LogP contribution in [-0.2, 0) is 0 Å². The molecule has 3 N–H and O–H groups in total. The largest absolute Gasteiger partial charge is 0.399 e. The Morgan fingerprint density at radius 1 is 0.800 bits per heavy atom. The zero-order valence-corrected chi connectivity index (χ0v) is 8.83. The predicted octanol–water partition coefficient (Wildman–Crippen LogP) is 3.50. The zero-order chi connectivity index (χ0) is 10.7. The third kappa shape index (κ3) is 2.22. The fourth-order valence-electron chi connectivity index (χ4n) is 1.40. The second-order valence-electron chi connectivity index (χ2n) is 3.29. The lowest BCUT2D eigenvalue weighted by molar-refractivity contribution is 1.60. The van der Waals surface area contributed by atoms with Crippen LogP contribution in [0.25, 0.3) is 11.1 Å². The van der Waals surface area contributed by atoms with E-state index in [1.54, 1.807) is 0 Å². The van der Waals surface area contributed by atoms with Crippen molar-refractivity contribution in [1.82, 2.24) is 0 Å². The normalized spacial score (nSPS) is 9.93. The van der Waals surface area contributed by atoms with Crippen LogP contribution in [0.1, 0.15) is 0 Å². The monoisotopic (exact) mass is 218 g/mol. The van der Waals surface area contributed by atoms with E-state index in [0.29, 0.717) is 0 Å². The van der Waals surface area contributed by atoms with Gasteiger partial charge in [-0.3, -0.25) is 4.84 Å². The van der Waals surface area contributed by atoms with Gasteiger partial charge in [0.15, 0.2) is 0 Å². The fourth-order valence-corrected chi connectivity index (χ4v) is 1.53. The summed E-state index contributed by atoms with van der Waals surface area (Å²) in [6.07, 6.45) is 0. The van der Waals surface area contributed by atoms with Gasteiger partial charge in [0, 0.05) is 23.2 Å². The van der Waals surface area contributed by atoms with E-state index in [0.717, 1.165) is 22.5 Å². The molecule has 0 spiro atoms. The number of anilines is 2. The SMILES string of the molecule is Nc1ccc(-c2ccc(NCl)cc2)cc1. The van der Waals surface area contributed by atoms with E-state index >= 15 is 0 Å². The van der Waals surface area contributed by atoms with Crippen LogP contribution in [0.15, 0.2) is 48.5 Å². The van der Waals surface area contributed by atoms with E-state index in [1.165, 1.54) is 0 Å². The number of benzene rings is 2. The molecular weight excluding hydrogens is 208 g/mol. The molecule has 0 saturated carbocycles. The van der Waals surface area contributed by atoms with Crippen molar-refractivity contribution in [3.05, 3.63) is 48.5 Å². The molecule has 2 rings (SSSR count). The highest BCUT2D eigenvalue weighted by atomic mass is 35.5. The van der Waals surface area contributed by atoms with Gasteiger partial charge in [-0.25, -0.2) is 0 Å². The molecule has 0 bridgehead atoms. The third-order valence-corrected chi connectivity index (χ3v) is 2.46. The Bertz CT molecular complexity index is 434. The van der Waals surface area contributed by atoms with Gasteiger partial charge in [-0.2, -0.15) is 0 Å². The van der Waals surface area contributed by atoms with E-state index in [1.807, 2.05) is 48.5 Å². The van der Waals surface area contributed by atoms with Crippen molar-refractivity contribution in [3.63, 3.8) is 0 Å². The summed E-state index contributed by atoms with van der Waals surface area (Å²) in [5.41, 5.74) is 9.57. The number of halogens is 1. The summed E-state index contributed by atoms with van der Waals surface area (Å²) in [4.78, 5) is 2.57. The summed E-state index contributed by atoms with van der Waals surface area (Å²) in [7, 11) is 0. The van der Waals surface area contributed by atoms with Crippen LogP contribution in [0, 0.1) is 0 Å². The van der Waals surface area contributed by atoms with Crippen LogP contribution in [0.5, 0.6) is 0 Å². The molecule has 0 aliphatic heterocycles. The quantitative estimate of drug-likeness (QED) is 0.598. The maximum Gasteiger partial charge on any atom is 0.0492 e. The highest BCUT2D eigenvalue weighted by Crippen LogP contribution is 2.22. The lowest BCUT2D eigenvalue weighted by Crippen LogP contribution is -1.84. The Morgan fingerprint density at radius 2 is 1.27 bits per heavy atom. The molecule has 0 atom stereocenters. The molecule has 0 fully saturated rings. The molecule has 0 aliphatic rings. The number of nitrogens with two attached hydrogens (primary N) is 1. The van der Waals surface area contributed by atoms with Crippen LogP contribution in [0.2, 0.25) is 0 Å². The molecule has 2 aromatic rings. The molecule has 0 aromatic heterocycles. The number of nitrogen functional groups attached to an aromatic ring is 1. The van der Waals surface area contributed by atoms with Crippen LogP contribution in [0.3, 0.4) is 0 Å². The minimum absolute atomic E-state index is 0.776. The fraction of sp³-hybridized carbons (Fsp3) is 0. The minimum atomic E-state index is 0.776. The first-order valence-electron chi connectivity index (χ1n) is 4.62. The second kappa shape index (κ2) is 4.24. The smallest absolute Gasteiger partial charge is 0.0492 e. The minimum Gasteiger partial charge on any atom is -0.399 e. The Kier molecular flexibility index (Phi) is 2.79. The molecular formula is C12H11ClN2. The lowest BCUT2D eigenvalue weighted by atomic mass is 10.1. The summed E-state index contributed by atoms with van der Waals surface area (Å²) in [6, 6.07) is 15.7. The molecule has 2 nitrogen and oxygen atoms in total. The van der Waals surface area contributed by atoms with Gasteiger partial charge < -0.3 is 5.73 Å². The molecule has 3 heteroatoms. The van der Waals surface area contributed by atoms with Gasteiger partial charge in [-0.1, -0.05) is 24.3 Å². The average molecular weight is 219 g/mol. The van der Waals surface area contributed by atoms with Crippen LogP contribution >= 0.6 is 11.8 Å². The zero-order valence-electron chi connectivity index (χ0n) is 8.07. The maximum atomic E-state index is 5.62. The van der Waals surface area contributed by atoms with Crippen LogP contribution in [-0.4, -0.2) is 0 Å². The highest BCUT2D eigenvalue weighted by molar-refractivity contribution is 6.23. The Hall–Kier alpha value is -1.67. The summed E-state index contributed by atoms with van der Waals surface area (Å²) >= 11 is 5.48. The molecule has 0 amide bonds. The highest BCUT2D eigenvalue weighted by Gasteiger charge is 1.97. The van der Waals surface area contributed by atoms with E-state index in [-0.39, 0.29) is 0 Å². The van der Waals surface area contributed by atoms with Crippen molar-refractivity contribution in [2.24, 2.45) is 0 Å². The van der Waals surface area contributed by atoms with Crippen LogP contribution < -0.4 is 10.6 Å². The molecule has 0 aliphatic carbocycles. The van der Waals surface area contributed by atoms with Gasteiger partial charge in [-0.05, 0) is 35.4 Å².